The van der Waals surface area contributed by atoms with Crippen LogP contribution in [0.2, 0.25) is 0 Å². The van der Waals surface area contributed by atoms with Gasteiger partial charge >= 0.3 is 24.5 Å². The van der Waals surface area contributed by atoms with Crippen LogP contribution in [0, 0.1) is 5.92 Å². The fraction of sp³-hybridized carbons (Fsp3) is 0.524. The maximum Gasteiger partial charge on any atom is 0.417 e. The summed E-state index contributed by atoms with van der Waals surface area (Å²) in [7, 11) is 0. The summed E-state index contributed by atoms with van der Waals surface area (Å²) in [6.45, 7) is 4.21. The first-order valence-corrected chi connectivity index (χ1v) is 9.96. The van der Waals surface area contributed by atoms with Crippen LogP contribution in [-0.2, 0) is 4.79 Å². The lowest BCUT2D eigenvalue weighted by Gasteiger charge is -2.31. The van der Waals surface area contributed by atoms with Gasteiger partial charge in [-0.15, -0.1) is 0 Å². The molecule has 0 bridgehead atoms. The van der Waals surface area contributed by atoms with Crippen LogP contribution in [0.25, 0.3) is 0 Å². The molecule has 0 radical (unpaired) electrons. The van der Waals surface area contributed by atoms with Crippen molar-refractivity contribution in [1.82, 2.24) is 4.98 Å². The molecule has 190 valence electrons. The summed E-state index contributed by atoms with van der Waals surface area (Å²) in [6.07, 6.45) is -14.7. The average molecular weight is 504 g/mol. The van der Waals surface area contributed by atoms with Gasteiger partial charge < -0.3 is 10.0 Å². The van der Waals surface area contributed by atoms with Crippen LogP contribution in [0.4, 0.5) is 45.2 Å². The van der Waals surface area contributed by atoms with Crippen molar-refractivity contribution in [1.29, 1.82) is 0 Å². The highest BCUT2D eigenvalue weighted by Gasteiger charge is 2.58. The molecule has 0 amide bonds. The number of rotatable bonds is 6. The van der Waals surface area contributed by atoms with E-state index in [1.807, 2.05) is 0 Å². The Morgan fingerprint density at radius 2 is 1.59 bits per heavy atom. The molecule has 2 rings (SSSR count). The topological polar surface area (TPSA) is 53.4 Å². The standard InChI is InChI=1S/C21H21F9N2O2/c1-10(2)8-11(3)16-15(5-4-14(31-16)17(20(25,26)27)21(28,29)30)32-7-6-13(19(22,23)24)12(9-32)18(33)34/h4-7,10-11,17H,8-9H2,1-3H3,(H,33,34). The predicted molar refractivity (Wildman–Crippen MR) is 104 cm³/mol. The molecule has 0 spiro atoms. The Bertz CT molecular complexity index is 962. The molecule has 0 aromatic carbocycles. The number of hydrogen-bond donors (Lipinski definition) is 1. The van der Waals surface area contributed by atoms with Gasteiger partial charge in [-0.2, -0.15) is 39.5 Å². The number of aliphatic carboxylic acids is 1. The lowest BCUT2D eigenvalue weighted by molar-refractivity contribution is -0.254. The molecule has 1 aliphatic rings. The van der Waals surface area contributed by atoms with Crippen LogP contribution in [0.3, 0.4) is 0 Å². The number of hydrogen-bond acceptors (Lipinski definition) is 3. The van der Waals surface area contributed by atoms with Crippen molar-refractivity contribution in [2.75, 3.05) is 11.4 Å². The molecule has 1 aromatic heterocycles. The number of halogens is 9. The number of carbonyl (C=O) groups is 1. The summed E-state index contributed by atoms with van der Waals surface area (Å²) in [5.74, 6) is -6.45. The molecule has 0 fully saturated rings. The fourth-order valence-electron chi connectivity index (χ4n) is 3.78. The van der Waals surface area contributed by atoms with Crippen molar-refractivity contribution in [2.45, 2.75) is 57.6 Å². The zero-order valence-electron chi connectivity index (χ0n) is 18.1. The molecule has 1 N–H and O–H groups in total. The second-order valence-electron chi connectivity index (χ2n) is 8.33. The van der Waals surface area contributed by atoms with Crippen LogP contribution >= 0.6 is 0 Å². The Morgan fingerprint density at radius 1 is 1.03 bits per heavy atom. The Hall–Kier alpha value is -2.73. The normalized spacial score (nSPS) is 16.6. The number of anilines is 1. The van der Waals surface area contributed by atoms with E-state index >= 15 is 0 Å². The van der Waals surface area contributed by atoms with Crippen molar-refractivity contribution < 1.29 is 49.4 Å². The molecule has 1 aliphatic heterocycles. The molecule has 13 heteroatoms. The van der Waals surface area contributed by atoms with Crippen LogP contribution in [0.15, 0.2) is 35.6 Å². The Kier molecular flexibility index (Phi) is 7.68. The zero-order chi connectivity index (χ0) is 26.2. The highest BCUT2D eigenvalue weighted by molar-refractivity contribution is 5.90. The number of alkyl halides is 9. The van der Waals surface area contributed by atoms with Gasteiger partial charge in [0.1, 0.15) is 0 Å². The SMILES string of the molecule is CC(C)CC(C)c1nc(C(C(F)(F)F)C(F)(F)F)ccc1N1C=CC(C(F)(F)F)=C(C(=O)O)C1. The van der Waals surface area contributed by atoms with Gasteiger partial charge in [-0.25, -0.2) is 4.79 Å². The van der Waals surface area contributed by atoms with E-state index in [9.17, 15) is 49.4 Å². The summed E-state index contributed by atoms with van der Waals surface area (Å²) >= 11 is 0. The third-order valence-electron chi connectivity index (χ3n) is 5.11. The van der Waals surface area contributed by atoms with E-state index in [0.29, 0.717) is 18.6 Å². The van der Waals surface area contributed by atoms with E-state index in [-0.39, 0.29) is 17.3 Å². The first kappa shape index (κ1) is 27.5. The number of nitrogens with zero attached hydrogens (tertiary/aromatic N) is 2. The van der Waals surface area contributed by atoms with Gasteiger partial charge in [-0.3, -0.25) is 4.98 Å². The number of allylic oxidation sites excluding steroid dienone is 2. The minimum absolute atomic E-state index is 0.0439. The monoisotopic (exact) mass is 504 g/mol. The highest BCUT2D eigenvalue weighted by Crippen LogP contribution is 2.47. The molecule has 1 atom stereocenters. The van der Waals surface area contributed by atoms with E-state index in [4.69, 9.17) is 0 Å². The largest absolute Gasteiger partial charge is 0.478 e. The molecule has 1 aromatic rings. The summed E-state index contributed by atoms with van der Waals surface area (Å²) in [5, 5.41) is 9.25. The van der Waals surface area contributed by atoms with Crippen LogP contribution < -0.4 is 4.90 Å². The van der Waals surface area contributed by atoms with Crippen molar-refractivity contribution in [3.8, 4) is 0 Å². The fourth-order valence-corrected chi connectivity index (χ4v) is 3.78. The van der Waals surface area contributed by atoms with Crippen LogP contribution in [0.5, 0.6) is 0 Å². The number of aromatic nitrogens is 1. The van der Waals surface area contributed by atoms with Gasteiger partial charge in [-0.05, 0) is 30.5 Å². The minimum Gasteiger partial charge on any atom is -0.478 e. The Labute approximate surface area is 188 Å². The number of pyridine rings is 1. The van der Waals surface area contributed by atoms with Gasteiger partial charge in [0.25, 0.3) is 0 Å². The Morgan fingerprint density at radius 3 is 2.03 bits per heavy atom. The van der Waals surface area contributed by atoms with Crippen molar-refractivity contribution in [3.05, 3.63) is 46.9 Å². The highest BCUT2D eigenvalue weighted by atomic mass is 19.4. The van der Waals surface area contributed by atoms with Crippen LogP contribution in [0.1, 0.15) is 50.4 Å². The molecule has 2 heterocycles. The minimum atomic E-state index is -5.68. The summed E-state index contributed by atoms with van der Waals surface area (Å²) in [4.78, 5) is 16.1. The summed E-state index contributed by atoms with van der Waals surface area (Å²) in [6, 6.07) is 1.39. The first-order chi connectivity index (χ1) is 15.3. The zero-order valence-corrected chi connectivity index (χ0v) is 18.1. The predicted octanol–water partition coefficient (Wildman–Crippen LogP) is 6.72. The molecule has 0 aliphatic carbocycles. The van der Waals surface area contributed by atoms with E-state index in [1.54, 1.807) is 13.8 Å². The third kappa shape index (κ3) is 6.23. The maximum atomic E-state index is 13.2. The summed E-state index contributed by atoms with van der Waals surface area (Å²) in [5.41, 5.74) is -4.04. The smallest absolute Gasteiger partial charge is 0.417 e. The Balaban J connectivity index is 2.65. The quantitative estimate of drug-likeness (QED) is 0.438. The molecule has 0 saturated heterocycles. The molecule has 0 saturated carbocycles. The maximum absolute atomic E-state index is 13.2. The van der Waals surface area contributed by atoms with E-state index in [1.165, 1.54) is 6.92 Å². The van der Waals surface area contributed by atoms with Gasteiger partial charge in [0, 0.05) is 12.1 Å². The molecule has 34 heavy (non-hydrogen) atoms. The lowest BCUT2D eigenvalue weighted by Crippen LogP contribution is -2.35. The van der Waals surface area contributed by atoms with Gasteiger partial charge in [0.05, 0.1) is 34.8 Å². The molecule has 1 unspecified atom stereocenters. The van der Waals surface area contributed by atoms with Crippen molar-refractivity contribution in [2.24, 2.45) is 5.92 Å². The van der Waals surface area contributed by atoms with Crippen molar-refractivity contribution >= 4 is 11.7 Å². The molecular weight excluding hydrogens is 483 g/mol. The lowest BCUT2D eigenvalue weighted by atomic mass is 9.92. The van der Waals surface area contributed by atoms with Gasteiger partial charge in [0.15, 0.2) is 5.92 Å². The average Bonchev–Trinajstić information content (AvgIpc) is 2.63. The van der Waals surface area contributed by atoms with Crippen molar-refractivity contribution in [3.63, 3.8) is 0 Å². The van der Waals surface area contributed by atoms with E-state index in [0.717, 1.165) is 17.2 Å². The van der Waals surface area contributed by atoms with E-state index < -0.39 is 59.7 Å². The van der Waals surface area contributed by atoms with E-state index in [2.05, 4.69) is 4.98 Å². The van der Waals surface area contributed by atoms with Gasteiger partial charge in [0.2, 0.25) is 0 Å². The second-order valence-corrected chi connectivity index (χ2v) is 8.33. The molecular formula is C21H21F9N2O2. The summed E-state index contributed by atoms with van der Waals surface area (Å²) < 4.78 is 119. The molecule has 4 nitrogen and oxygen atoms in total. The second kappa shape index (κ2) is 9.49. The number of carboxylic acids is 1. The van der Waals surface area contributed by atoms with Crippen LogP contribution in [-0.4, -0.2) is 41.1 Å². The van der Waals surface area contributed by atoms with Gasteiger partial charge in [-0.1, -0.05) is 20.8 Å². The number of carboxylic acid groups (broad SMARTS) is 1. The first-order valence-electron chi connectivity index (χ1n) is 9.96. The third-order valence-corrected chi connectivity index (χ3v) is 5.11.